The minimum Gasteiger partial charge on any atom is -0.491 e. The zero-order chi connectivity index (χ0) is 24.0. The maximum absolute atomic E-state index is 13.5. The Kier molecular flexibility index (Phi) is 7.76. The van der Waals surface area contributed by atoms with Gasteiger partial charge in [-0.05, 0) is 69.2 Å². The van der Waals surface area contributed by atoms with E-state index in [9.17, 15) is 13.2 Å². The number of anilines is 1. The van der Waals surface area contributed by atoms with Crippen molar-refractivity contribution in [3.63, 3.8) is 0 Å². The molecule has 3 aromatic rings. The summed E-state index contributed by atoms with van der Waals surface area (Å²) in [5.41, 5.74) is 3.14. The third-order valence-corrected chi connectivity index (χ3v) is 6.77. The summed E-state index contributed by atoms with van der Waals surface area (Å²) in [4.78, 5) is 13.0. The van der Waals surface area contributed by atoms with E-state index in [0.29, 0.717) is 5.69 Å². The van der Waals surface area contributed by atoms with Crippen LogP contribution in [0.2, 0.25) is 0 Å². The molecule has 0 atom stereocenters. The molecule has 0 radical (unpaired) electrons. The molecule has 0 aliphatic carbocycles. The molecule has 0 bridgehead atoms. The zero-order valence-electron chi connectivity index (χ0n) is 19.4. The predicted octanol–water partition coefficient (Wildman–Crippen LogP) is 4.60. The minimum atomic E-state index is -3.94. The van der Waals surface area contributed by atoms with Crippen molar-refractivity contribution in [1.82, 2.24) is 5.32 Å². The average molecular weight is 467 g/mol. The van der Waals surface area contributed by atoms with Gasteiger partial charge < -0.3 is 10.1 Å². The van der Waals surface area contributed by atoms with Crippen molar-refractivity contribution in [2.45, 2.75) is 45.2 Å². The molecule has 0 aromatic heterocycles. The van der Waals surface area contributed by atoms with Gasteiger partial charge >= 0.3 is 0 Å². The first-order chi connectivity index (χ1) is 15.7. The van der Waals surface area contributed by atoms with E-state index in [4.69, 9.17) is 4.74 Å². The number of carbonyl (C=O) groups excluding carboxylic acids is 1. The molecule has 7 heteroatoms. The lowest BCUT2D eigenvalue weighted by Gasteiger charge is -2.26. The molecular weight excluding hydrogens is 436 g/mol. The Morgan fingerprint density at radius 3 is 2.36 bits per heavy atom. The Bertz CT molecular complexity index is 1210. The second-order valence-electron chi connectivity index (χ2n) is 8.21. The number of sulfonamides is 1. The number of nitrogens with zero attached hydrogens (tertiary/aromatic N) is 1. The standard InChI is InChI=1S/C26H30N2O4S/c1-19(2)32-23-10-8-9-22(16-23)17-27-26(29)18-28(25-14-13-20(3)15-21(25)4)33(30,31)24-11-6-5-7-12-24/h5-16,19H,17-18H2,1-4H3,(H,27,29). The van der Waals surface area contributed by atoms with Crippen LogP contribution in [0.1, 0.15) is 30.5 Å². The third-order valence-electron chi connectivity index (χ3n) is 5.00. The molecule has 0 heterocycles. The normalized spacial score (nSPS) is 11.3. The number of ether oxygens (including phenoxy) is 1. The molecule has 3 aromatic carbocycles. The number of aryl methyl sites for hydroxylation is 2. The summed E-state index contributed by atoms with van der Waals surface area (Å²) >= 11 is 0. The van der Waals surface area contributed by atoms with Crippen molar-refractivity contribution in [3.05, 3.63) is 89.5 Å². The highest BCUT2D eigenvalue weighted by atomic mass is 32.2. The molecule has 1 N–H and O–H groups in total. The molecule has 0 aliphatic rings. The quantitative estimate of drug-likeness (QED) is 0.500. The van der Waals surface area contributed by atoms with E-state index in [0.717, 1.165) is 22.4 Å². The molecule has 6 nitrogen and oxygen atoms in total. The van der Waals surface area contributed by atoms with Crippen LogP contribution in [0.3, 0.4) is 0 Å². The molecule has 1 amide bonds. The van der Waals surface area contributed by atoms with Gasteiger partial charge in [-0.25, -0.2) is 8.42 Å². The van der Waals surface area contributed by atoms with Gasteiger partial charge in [-0.2, -0.15) is 0 Å². The molecule has 0 spiro atoms. The lowest BCUT2D eigenvalue weighted by Crippen LogP contribution is -2.41. The zero-order valence-corrected chi connectivity index (χ0v) is 20.2. The Labute approximate surface area is 196 Å². The van der Waals surface area contributed by atoms with E-state index in [2.05, 4.69) is 5.32 Å². The highest BCUT2D eigenvalue weighted by molar-refractivity contribution is 7.92. The Hall–Kier alpha value is -3.32. The predicted molar refractivity (Wildman–Crippen MR) is 131 cm³/mol. The third kappa shape index (κ3) is 6.35. The first-order valence-electron chi connectivity index (χ1n) is 10.8. The fourth-order valence-corrected chi connectivity index (χ4v) is 5.00. The van der Waals surface area contributed by atoms with E-state index in [1.54, 1.807) is 24.3 Å². The first-order valence-corrected chi connectivity index (χ1v) is 12.3. The molecular formula is C26H30N2O4S. The largest absolute Gasteiger partial charge is 0.491 e. The van der Waals surface area contributed by atoms with Gasteiger partial charge in [0.15, 0.2) is 0 Å². The van der Waals surface area contributed by atoms with Gasteiger partial charge in [-0.1, -0.05) is 48.0 Å². The maximum atomic E-state index is 13.5. The molecule has 174 valence electrons. The van der Waals surface area contributed by atoms with Crippen LogP contribution in [0.4, 0.5) is 5.69 Å². The van der Waals surface area contributed by atoms with E-state index < -0.39 is 15.9 Å². The van der Waals surface area contributed by atoms with Crippen LogP contribution < -0.4 is 14.4 Å². The van der Waals surface area contributed by atoms with Gasteiger partial charge in [-0.3, -0.25) is 9.10 Å². The van der Waals surface area contributed by atoms with Crippen molar-refractivity contribution in [2.24, 2.45) is 0 Å². The lowest BCUT2D eigenvalue weighted by atomic mass is 10.1. The number of nitrogens with one attached hydrogen (secondary N) is 1. The SMILES string of the molecule is Cc1ccc(N(CC(=O)NCc2cccc(OC(C)C)c2)S(=O)(=O)c2ccccc2)c(C)c1. The maximum Gasteiger partial charge on any atom is 0.264 e. The molecule has 0 saturated heterocycles. The smallest absolute Gasteiger partial charge is 0.264 e. The Balaban J connectivity index is 1.82. The summed E-state index contributed by atoms with van der Waals surface area (Å²) in [6, 6.07) is 21.1. The van der Waals surface area contributed by atoms with E-state index in [1.165, 1.54) is 16.4 Å². The van der Waals surface area contributed by atoms with Crippen molar-refractivity contribution in [3.8, 4) is 5.75 Å². The highest BCUT2D eigenvalue weighted by Crippen LogP contribution is 2.27. The van der Waals surface area contributed by atoms with Crippen molar-refractivity contribution >= 4 is 21.6 Å². The molecule has 33 heavy (non-hydrogen) atoms. The van der Waals surface area contributed by atoms with Crippen LogP contribution >= 0.6 is 0 Å². The van der Waals surface area contributed by atoms with Crippen LogP contribution in [0.5, 0.6) is 5.75 Å². The van der Waals surface area contributed by atoms with Crippen LogP contribution in [0, 0.1) is 13.8 Å². The number of carbonyl (C=O) groups is 1. The van der Waals surface area contributed by atoms with Gasteiger partial charge in [0.1, 0.15) is 12.3 Å². The van der Waals surface area contributed by atoms with Crippen LogP contribution in [0.25, 0.3) is 0 Å². The van der Waals surface area contributed by atoms with Gasteiger partial charge in [0, 0.05) is 6.54 Å². The van der Waals surface area contributed by atoms with Gasteiger partial charge in [-0.15, -0.1) is 0 Å². The number of amides is 1. The monoisotopic (exact) mass is 466 g/mol. The fraction of sp³-hybridized carbons (Fsp3) is 0.269. The average Bonchev–Trinajstić information content (AvgIpc) is 2.77. The lowest BCUT2D eigenvalue weighted by molar-refractivity contribution is -0.119. The van der Waals surface area contributed by atoms with Crippen molar-refractivity contribution in [2.75, 3.05) is 10.8 Å². The summed E-state index contributed by atoms with van der Waals surface area (Å²) in [6.45, 7) is 7.61. The molecule has 0 aliphatic heterocycles. The van der Waals surface area contributed by atoms with Crippen molar-refractivity contribution in [1.29, 1.82) is 0 Å². The van der Waals surface area contributed by atoms with Gasteiger partial charge in [0.05, 0.1) is 16.7 Å². The minimum absolute atomic E-state index is 0.0457. The van der Waals surface area contributed by atoms with Gasteiger partial charge in [0.2, 0.25) is 5.91 Å². The number of hydrogen-bond donors (Lipinski definition) is 1. The number of hydrogen-bond acceptors (Lipinski definition) is 4. The van der Waals surface area contributed by atoms with Crippen LogP contribution in [-0.2, 0) is 21.4 Å². The summed E-state index contributed by atoms with van der Waals surface area (Å²) in [5, 5.41) is 2.83. The van der Waals surface area contributed by atoms with E-state index in [-0.39, 0.29) is 24.1 Å². The molecule has 3 rings (SSSR count). The summed E-state index contributed by atoms with van der Waals surface area (Å²) in [5.74, 6) is 0.324. The molecule has 0 fully saturated rings. The van der Waals surface area contributed by atoms with Crippen LogP contribution in [0.15, 0.2) is 77.7 Å². The second kappa shape index (κ2) is 10.5. The van der Waals surface area contributed by atoms with E-state index in [1.807, 2.05) is 64.1 Å². The molecule has 0 saturated carbocycles. The van der Waals surface area contributed by atoms with Crippen molar-refractivity contribution < 1.29 is 17.9 Å². The number of rotatable bonds is 9. The highest BCUT2D eigenvalue weighted by Gasteiger charge is 2.28. The number of benzene rings is 3. The second-order valence-corrected chi connectivity index (χ2v) is 10.1. The van der Waals surface area contributed by atoms with Crippen LogP contribution in [-0.4, -0.2) is 27.0 Å². The van der Waals surface area contributed by atoms with Gasteiger partial charge in [0.25, 0.3) is 10.0 Å². The molecule has 0 unspecified atom stereocenters. The van der Waals surface area contributed by atoms with E-state index >= 15 is 0 Å². The summed E-state index contributed by atoms with van der Waals surface area (Å²) < 4.78 is 33.8. The first kappa shape index (κ1) is 24.3. The fourth-order valence-electron chi connectivity index (χ4n) is 3.49. The summed E-state index contributed by atoms with van der Waals surface area (Å²) in [7, 11) is -3.94. The topological polar surface area (TPSA) is 75.7 Å². The Morgan fingerprint density at radius 2 is 1.70 bits per heavy atom. The Morgan fingerprint density at radius 1 is 0.970 bits per heavy atom. The summed E-state index contributed by atoms with van der Waals surface area (Å²) in [6.07, 6.45) is 0.0457.